The van der Waals surface area contributed by atoms with Crippen molar-refractivity contribution in [2.45, 2.75) is 24.7 Å². The summed E-state index contributed by atoms with van der Waals surface area (Å²) in [5, 5.41) is 3.20. The van der Waals surface area contributed by atoms with E-state index in [1.54, 1.807) is 18.2 Å². The van der Waals surface area contributed by atoms with Crippen LogP contribution in [0.3, 0.4) is 0 Å². The van der Waals surface area contributed by atoms with Crippen LogP contribution in [0.1, 0.15) is 19.8 Å². The van der Waals surface area contributed by atoms with Gasteiger partial charge in [-0.15, -0.1) is 0 Å². The first-order valence-electron chi connectivity index (χ1n) is 6.96. The molecule has 0 atom stereocenters. The van der Waals surface area contributed by atoms with Crippen molar-refractivity contribution in [2.75, 3.05) is 32.1 Å². The van der Waals surface area contributed by atoms with Crippen LogP contribution >= 0.6 is 0 Å². The minimum atomic E-state index is -3.26. The summed E-state index contributed by atoms with van der Waals surface area (Å²) in [7, 11) is -3.26. The van der Waals surface area contributed by atoms with Gasteiger partial charge in [0, 0.05) is 6.07 Å². The fourth-order valence-corrected chi connectivity index (χ4v) is 3.35. The lowest BCUT2D eigenvalue weighted by molar-refractivity contribution is 0.171. The maximum absolute atomic E-state index is 12.2. The second kappa shape index (κ2) is 6.95. The van der Waals surface area contributed by atoms with E-state index in [0.29, 0.717) is 36.0 Å². The molecule has 0 saturated carbocycles. The molecule has 1 aromatic carbocycles. The normalized spacial score (nSPS) is 14.2. The zero-order valence-electron chi connectivity index (χ0n) is 11.7. The number of sulfone groups is 1. The number of hydrogen-bond donors (Lipinski definition) is 1. The summed E-state index contributed by atoms with van der Waals surface area (Å²) in [6.07, 6.45) is 1.66. The van der Waals surface area contributed by atoms with Gasteiger partial charge in [0.15, 0.2) is 21.3 Å². The van der Waals surface area contributed by atoms with E-state index in [4.69, 9.17) is 9.47 Å². The average Bonchev–Trinajstić information content (AvgIpc) is 2.46. The molecule has 0 saturated heterocycles. The molecule has 6 heteroatoms. The van der Waals surface area contributed by atoms with Gasteiger partial charge in [0.05, 0.1) is 10.6 Å². The lowest BCUT2D eigenvalue weighted by Gasteiger charge is -2.18. The van der Waals surface area contributed by atoms with Crippen molar-refractivity contribution in [3.63, 3.8) is 0 Å². The zero-order chi connectivity index (χ0) is 14.4. The van der Waals surface area contributed by atoms with Crippen LogP contribution in [-0.4, -0.2) is 40.5 Å². The Hall–Kier alpha value is -1.27. The van der Waals surface area contributed by atoms with Gasteiger partial charge in [-0.25, -0.2) is 8.42 Å². The fourth-order valence-electron chi connectivity index (χ4n) is 2.02. The first-order valence-corrected chi connectivity index (χ1v) is 8.62. The Bertz CT molecular complexity index is 542. The fraction of sp³-hybridized carbons (Fsp3) is 0.571. The van der Waals surface area contributed by atoms with Crippen LogP contribution in [0, 0.1) is 0 Å². The third-order valence-corrected chi connectivity index (χ3v) is 4.86. The standard InChI is InChI=1S/C14H21NO4S/c1-2-6-15-7-3-10-20(16,17)12-4-5-13-14(11-12)19-9-8-18-13/h4-5,11,15H,2-3,6-10H2,1H3. The van der Waals surface area contributed by atoms with Crippen molar-refractivity contribution in [3.8, 4) is 11.5 Å². The maximum Gasteiger partial charge on any atom is 0.178 e. The van der Waals surface area contributed by atoms with Gasteiger partial charge in [-0.1, -0.05) is 6.92 Å². The van der Waals surface area contributed by atoms with Gasteiger partial charge in [0.25, 0.3) is 0 Å². The largest absolute Gasteiger partial charge is 0.486 e. The van der Waals surface area contributed by atoms with E-state index in [1.807, 2.05) is 0 Å². The smallest absolute Gasteiger partial charge is 0.178 e. The third-order valence-electron chi connectivity index (χ3n) is 3.07. The Morgan fingerprint density at radius 1 is 1.15 bits per heavy atom. The van der Waals surface area contributed by atoms with Crippen molar-refractivity contribution in [1.29, 1.82) is 0 Å². The molecule has 0 aromatic heterocycles. The molecule has 1 aliphatic rings. The van der Waals surface area contributed by atoms with Gasteiger partial charge in [0.1, 0.15) is 13.2 Å². The molecule has 0 aliphatic carbocycles. The monoisotopic (exact) mass is 299 g/mol. The van der Waals surface area contributed by atoms with E-state index in [9.17, 15) is 8.42 Å². The minimum Gasteiger partial charge on any atom is -0.486 e. The number of rotatable bonds is 7. The summed E-state index contributed by atoms with van der Waals surface area (Å²) >= 11 is 0. The Labute approximate surface area is 120 Å². The number of nitrogens with one attached hydrogen (secondary N) is 1. The van der Waals surface area contributed by atoms with Crippen LogP contribution in [0.25, 0.3) is 0 Å². The molecule has 2 rings (SSSR count). The quantitative estimate of drug-likeness (QED) is 0.775. The lowest BCUT2D eigenvalue weighted by Crippen LogP contribution is -2.19. The molecule has 1 aromatic rings. The van der Waals surface area contributed by atoms with Crippen LogP contribution in [0.4, 0.5) is 0 Å². The Balaban J connectivity index is 1.98. The van der Waals surface area contributed by atoms with Gasteiger partial charge >= 0.3 is 0 Å². The van der Waals surface area contributed by atoms with Gasteiger partial charge in [0.2, 0.25) is 0 Å². The molecule has 1 heterocycles. The van der Waals surface area contributed by atoms with Gasteiger partial charge in [-0.2, -0.15) is 0 Å². The van der Waals surface area contributed by atoms with Crippen molar-refractivity contribution < 1.29 is 17.9 Å². The van der Waals surface area contributed by atoms with E-state index in [-0.39, 0.29) is 5.75 Å². The molecular weight excluding hydrogens is 278 g/mol. The molecule has 5 nitrogen and oxygen atoms in total. The molecule has 0 bridgehead atoms. The van der Waals surface area contributed by atoms with E-state index < -0.39 is 9.84 Å². The van der Waals surface area contributed by atoms with Crippen LogP contribution in [-0.2, 0) is 9.84 Å². The summed E-state index contributed by atoms with van der Waals surface area (Å²) in [5.41, 5.74) is 0. The lowest BCUT2D eigenvalue weighted by atomic mass is 10.3. The summed E-state index contributed by atoms with van der Waals surface area (Å²) in [4.78, 5) is 0.303. The highest BCUT2D eigenvalue weighted by atomic mass is 32.2. The zero-order valence-corrected chi connectivity index (χ0v) is 12.5. The molecule has 1 aliphatic heterocycles. The molecule has 0 amide bonds. The summed E-state index contributed by atoms with van der Waals surface area (Å²) in [5.74, 6) is 1.27. The summed E-state index contributed by atoms with van der Waals surface area (Å²) < 4.78 is 35.3. The SMILES string of the molecule is CCCNCCCS(=O)(=O)c1ccc2c(c1)OCCO2. The molecule has 0 spiro atoms. The van der Waals surface area contributed by atoms with Crippen molar-refractivity contribution in [3.05, 3.63) is 18.2 Å². The van der Waals surface area contributed by atoms with E-state index in [0.717, 1.165) is 19.5 Å². The second-order valence-corrected chi connectivity index (χ2v) is 6.84. The summed E-state index contributed by atoms with van der Waals surface area (Å²) in [6, 6.07) is 4.81. The number of fused-ring (bicyclic) bond motifs is 1. The predicted octanol–water partition coefficient (Wildman–Crippen LogP) is 1.62. The Kier molecular flexibility index (Phi) is 5.25. The van der Waals surface area contributed by atoms with E-state index >= 15 is 0 Å². The molecule has 0 radical (unpaired) electrons. The van der Waals surface area contributed by atoms with Crippen LogP contribution in [0.15, 0.2) is 23.1 Å². The van der Waals surface area contributed by atoms with Crippen molar-refractivity contribution >= 4 is 9.84 Å². The molecule has 20 heavy (non-hydrogen) atoms. The molecule has 0 fully saturated rings. The van der Waals surface area contributed by atoms with E-state index in [1.165, 1.54) is 0 Å². The Morgan fingerprint density at radius 2 is 1.90 bits per heavy atom. The second-order valence-electron chi connectivity index (χ2n) is 4.73. The van der Waals surface area contributed by atoms with Gasteiger partial charge in [-0.3, -0.25) is 0 Å². The van der Waals surface area contributed by atoms with Crippen LogP contribution in [0.2, 0.25) is 0 Å². The third kappa shape index (κ3) is 3.86. The topological polar surface area (TPSA) is 64.6 Å². The first-order chi connectivity index (χ1) is 9.63. The highest BCUT2D eigenvalue weighted by Crippen LogP contribution is 2.32. The van der Waals surface area contributed by atoms with Crippen LogP contribution < -0.4 is 14.8 Å². The van der Waals surface area contributed by atoms with Gasteiger partial charge in [-0.05, 0) is 38.1 Å². The van der Waals surface area contributed by atoms with Gasteiger partial charge < -0.3 is 14.8 Å². The van der Waals surface area contributed by atoms with Crippen LogP contribution in [0.5, 0.6) is 11.5 Å². The highest BCUT2D eigenvalue weighted by molar-refractivity contribution is 7.91. The number of benzene rings is 1. The Morgan fingerprint density at radius 3 is 2.65 bits per heavy atom. The maximum atomic E-state index is 12.2. The first kappa shape index (κ1) is 15.1. The number of hydrogen-bond acceptors (Lipinski definition) is 5. The predicted molar refractivity (Wildman–Crippen MR) is 77.3 cm³/mol. The molecular formula is C14H21NO4S. The summed E-state index contributed by atoms with van der Waals surface area (Å²) in [6.45, 7) is 4.68. The van der Waals surface area contributed by atoms with Crippen molar-refractivity contribution in [2.24, 2.45) is 0 Å². The molecule has 1 N–H and O–H groups in total. The van der Waals surface area contributed by atoms with Crippen molar-refractivity contribution in [1.82, 2.24) is 5.32 Å². The highest BCUT2D eigenvalue weighted by Gasteiger charge is 2.19. The average molecular weight is 299 g/mol. The minimum absolute atomic E-state index is 0.142. The molecule has 112 valence electrons. The number of ether oxygens (including phenoxy) is 2. The van der Waals surface area contributed by atoms with E-state index in [2.05, 4.69) is 12.2 Å². The molecule has 0 unspecified atom stereocenters.